The number of carbonyl (C=O) groups is 1. The molecule has 0 radical (unpaired) electrons. The largest absolute Gasteiger partial charge is 0.335 e. The Labute approximate surface area is 144 Å². The van der Waals surface area contributed by atoms with Gasteiger partial charge in [-0.15, -0.1) is 0 Å². The monoisotopic (exact) mass is 362 g/mol. The van der Waals surface area contributed by atoms with E-state index < -0.39 is 27.3 Å². The quantitative estimate of drug-likeness (QED) is 0.846. The minimum Gasteiger partial charge on any atom is -0.335 e. The number of aromatic amines is 1. The lowest BCUT2D eigenvalue weighted by molar-refractivity contribution is 0.0706. The number of nitrogens with one attached hydrogen (secondary N) is 1. The molecular weight excluding hydrogens is 344 g/mol. The van der Waals surface area contributed by atoms with Crippen LogP contribution in [-0.4, -0.2) is 58.3 Å². The van der Waals surface area contributed by atoms with Gasteiger partial charge in [-0.1, -0.05) is 6.07 Å². The van der Waals surface area contributed by atoms with Crippen LogP contribution < -0.4 is 5.56 Å². The summed E-state index contributed by atoms with van der Waals surface area (Å²) in [7, 11) is -3.12. The summed E-state index contributed by atoms with van der Waals surface area (Å²) in [6, 6.07) is 4.80. The molecule has 0 unspecified atom stereocenters. The number of hydrogen-bond donors (Lipinski definition) is 1. The Bertz CT molecular complexity index is 940. The van der Waals surface area contributed by atoms with E-state index in [0.29, 0.717) is 18.7 Å². The highest BCUT2D eigenvalue weighted by Crippen LogP contribution is 2.19. The molecule has 0 aliphatic carbocycles. The number of aromatic nitrogens is 3. The molecule has 1 atom stereocenters. The van der Waals surface area contributed by atoms with Crippen molar-refractivity contribution in [2.75, 3.05) is 18.1 Å². The first-order valence-corrected chi connectivity index (χ1v) is 9.75. The maximum Gasteiger partial charge on any atom is 0.264 e. The Hall–Kier alpha value is -2.55. The number of carbonyl (C=O) groups excluding carboxylic acids is 1. The average molecular weight is 362 g/mol. The van der Waals surface area contributed by atoms with Crippen molar-refractivity contribution in [1.29, 1.82) is 0 Å². The van der Waals surface area contributed by atoms with Crippen LogP contribution in [0.4, 0.5) is 0 Å². The molecule has 0 spiro atoms. The molecule has 3 heterocycles. The minimum absolute atomic E-state index is 0.0642. The Morgan fingerprint density at radius 2 is 2.16 bits per heavy atom. The summed E-state index contributed by atoms with van der Waals surface area (Å²) < 4.78 is 23.3. The summed E-state index contributed by atoms with van der Waals surface area (Å²) >= 11 is 0. The van der Waals surface area contributed by atoms with Gasteiger partial charge in [-0.2, -0.15) is 0 Å². The number of pyridine rings is 1. The number of H-pyrrole nitrogens is 1. The number of rotatable bonds is 4. The maximum absolute atomic E-state index is 12.7. The number of nitrogens with zero attached hydrogens (tertiary/aromatic N) is 3. The molecule has 3 rings (SSSR count). The van der Waals surface area contributed by atoms with Crippen LogP contribution in [0.15, 0.2) is 35.4 Å². The molecular formula is C16H18N4O4S. The second kappa shape index (κ2) is 6.75. The molecule has 0 bridgehead atoms. The molecule has 1 aliphatic heterocycles. The highest BCUT2D eigenvalue weighted by atomic mass is 32.2. The van der Waals surface area contributed by atoms with Gasteiger partial charge in [0.15, 0.2) is 15.7 Å². The van der Waals surface area contributed by atoms with Gasteiger partial charge in [-0.05, 0) is 25.5 Å². The van der Waals surface area contributed by atoms with Gasteiger partial charge in [-0.3, -0.25) is 14.6 Å². The third-order valence-electron chi connectivity index (χ3n) is 4.19. The molecule has 25 heavy (non-hydrogen) atoms. The van der Waals surface area contributed by atoms with E-state index in [0.717, 1.165) is 0 Å². The van der Waals surface area contributed by atoms with E-state index in [9.17, 15) is 18.0 Å². The molecule has 0 aromatic carbocycles. The second-order valence-corrected chi connectivity index (χ2v) is 8.07. The van der Waals surface area contributed by atoms with Crippen molar-refractivity contribution in [2.24, 2.45) is 0 Å². The Balaban J connectivity index is 1.88. The normalized spacial score (nSPS) is 18.8. The Morgan fingerprint density at radius 1 is 1.36 bits per heavy atom. The van der Waals surface area contributed by atoms with Gasteiger partial charge in [0, 0.05) is 25.0 Å². The fourth-order valence-electron chi connectivity index (χ4n) is 2.92. The summed E-state index contributed by atoms with van der Waals surface area (Å²) in [5.41, 5.74) is -0.182. The Morgan fingerprint density at radius 3 is 2.72 bits per heavy atom. The third kappa shape index (κ3) is 3.60. The van der Waals surface area contributed by atoms with Crippen LogP contribution >= 0.6 is 0 Å². The first kappa shape index (κ1) is 17.3. The van der Waals surface area contributed by atoms with Crippen molar-refractivity contribution >= 4 is 15.7 Å². The highest BCUT2D eigenvalue weighted by molar-refractivity contribution is 7.91. The van der Waals surface area contributed by atoms with Crippen molar-refractivity contribution < 1.29 is 13.2 Å². The van der Waals surface area contributed by atoms with E-state index in [2.05, 4.69) is 15.0 Å². The summed E-state index contributed by atoms with van der Waals surface area (Å²) in [6.07, 6.45) is 3.18. The number of sulfone groups is 1. The molecule has 1 amide bonds. The van der Waals surface area contributed by atoms with Gasteiger partial charge in [0.2, 0.25) is 0 Å². The van der Waals surface area contributed by atoms with Crippen molar-refractivity contribution in [1.82, 2.24) is 19.9 Å². The molecule has 0 saturated carbocycles. The van der Waals surface area contributed by atoms with Gasteiger partial charge in [0.25, 0.3) is 11.5 Å². The van der Waals surface area contributed by atoms with Crippen molar-refractivity contribution in [3.63, 3.8) is 0 Å². The second-order valence-electron chi connectivity index (χ2n) is 5.84. The first-order chi connectivity index (χ1) is 11.9. The molecule has 1 aliphatic rings. The zero-order chi connectivity index (χ0) is 18.0. The highest BCUT2D eigenvalue weighted by Gasteiger charge is 2.35. The molecule has 8 nitrogen and oxygen atoms in total. The standard InChI is InChI=1S/C16H18N4O4S/c1-2-20(11-6-8-25(23,24)10-11)16(22)12-9-18-14(19-15(12)21)13-5-3-4-7-17-13/h3-5,7,9,11H,2,6,8,10H2,1H3,(H,18,19,21)/t11-/m0/s1. The summed E-state index contributed by atoms with van der Waals surface area (Å²) in [5, 5.41) is 0. The van der Waals surface area contributed by atoms with Crippen LogP contribution in [0, 0.1) is 0 Å². The van der Waals surface area contributed by atoms with E-state index in [1.165, 1.54) is 11.1 Å². The van der Waals surface area contributed by atoms with Crippen LogP contribution in [0.25, 0.3) is 11.5 Å². The molecule has 132 valence electrons. The maximum atomic E-state index is 12.7. The Kier molecular flexibility index (Phi) is 4.67. The van der Waals surface area contributed by atoms with E-state index in [1.54, 1.807) is 31.3 Å². The number of amides is 1. The molecule has 1 fully saturated rings. The van der Waals surface area contributed by atoms with Gasteiger partial charge < -0.3 is 9.88 Å². The van der Waals surface area contributed by atoms with E-state index in [-0.39, 0.29) is 22.9 Å². The van der Waals surface area contributed by atoms with Crippen LogP contribution in [0.5, 0.6) is 0 Å². The van der Waals surface area contributed by atoms with E-state index in [1.807, 2.05) is 0 Å². The summed E-state index contributed by atoms with van der Waals surface area (Å²) in [6.45, 7) is 2.08. The van der Waals surface area contributed by atoms with Crippen molar-refractivity contribution in [3.05, 3.63) is 46.5 Å². The average Bonchev–Trinajstić information content (AvgIpc) is 2.95. The third-order valence-corrected chi connectivity index (χ3v) is 5.94. The summed E-state index contributed by atoms with van der Waals surface area (Å²) in [4.78, 5) is 37.2. The van der Waals surface area contributed by atoms with Crippen molar-refractivity contribution in [2.45, 2.75) is 19.4 Å². The van der Waals surface area contributed by atoms with Gasteiger partial charge in [0.1, 0.15) is 11.3 Å². The lowest BCUT2D eigenvalue weighted by Crippen LogP contribution is -2.43. The molecule has 2 aromatic heterocycles. The van der Waals surface area contributed by atoms with E-state index >= 15 is 0 Å². The van der Waals surface area contributed by atoms with Crippen LogP contribution in [0.3, 0.4) is 0 Å². The lowest BCUT2D eigenvalue weighted by Gasteiger charge is -2.26. The van der Waals surface area contributed by atoms with E-state index in [4.69, 9.17) is 0 Å². The molecule has 9 heteroatoms. The SMILES string of the molecule is CCN(C(=O)c1cnc(-c2ccccn2)[nH]c1=O)[C@H]1CCS(=O)(=O)C1. The summed E-state index contributed by atoms with van der Waals surface area (Å²) in [5.74, 6) is -0.238. The topological polar surface area (TPSA) is 113 Å². The van der Waals surface area contributed by atoms with Crippen LogP contribution in [0.1, 0.15) is 23.7 Å². The van der Waals surface area contributed by atoms with Gasteiger partial charge in [0.05, 0.1) is 11.5 Å². The van der Waals surface area contributed by atoms with Crippen LogP contribution in [-0.2, 0) is 9.84 Å². The predicted molar refractivity (Wildman–Crippen MR) is 91.9 cm³/mol. The minimum atomic E-state index is -3.12. The van der Waals surface area contributed by atoms with Crippen molar-refractivity contribution in [3.8, 4) is 11.5 Å². The first-order valence-electron chi connectivity index (χ1n) is 7.93. The predicted octanol–water partition coefficient (Wildman–Crippen LogP) is 0.481. The zero-order valence-electron chi connectivity index (χ0n) is 13.7. The fraction of sp³-hybridized carbons (Fsp3) is 0.375. The fourth-order valence-corrected chi connectivity index (χ4v) is 4.65. The lowest BCUT2D eigenvalue weighted by atomic mass is 10.2. The molecule has 2 aromatic rings. The van der Waals surface area contributed by atoms with Gasteiger partial charge >= 0.3 is 0 Å². The smallest absolute Gasteiger partial charge is 0.264 e. The van der Waals surface area contributed by atoms with Crippen LogP contribution in [0.2, 0.25) is 0 Å². The molecule has 1 N–H and O–H groups in total. The molecule has 1 saturated heterocycles. The zero-order valence-corrected chi connectivity index (χ0v) is 14.5. The van der Waals surface area contributed by atoms with Gasteiger partial charge in [-0.25, -0.2) is 13.4 Å². The number of hydrogen-bond acceptors (Lipinski definition) is 6.